The molecule has 286 valence electrons. The number of hydrogen-bond donors (Lipinski definition) is 4. The third-order valence-electron chi connectivity index (χ3n) is 7.25. The predicted molar refractivity (Wildman–Crippen MR) is 196 cm³/mol. The van der Waals surface area contributed by atoms with Crippen LogP contribution in [0.15, 0.2) is 97.2 Å². The van der Waals surface area contributed by atoms with Crippen molar-refractivity contribution in [3.8, 4) is 0 Å². The van der Waals surface area contributed by atoms with Crippen molar-refractivity contribution in [2.75, 3.05) is 19.0 Å². The van der Waals surface area contributed by atoms with Crippen LogP contribution in [0, 0.1) is 0 Å². The van der Waals surface area contributed by atoms with Crippen molar-refractivity contribution in [2.24, 2.45) is 0 Å². The first-order valence-corrected chi connectivity index (χ1v) is 18.9. The van der Waals surface area contributed by atoms with Gasteiger partial charge in [-0.1, -0.05) is 116 Å². The highest BCUT2D eigenvalue weighted by atomic mass is 32.2. The first kappa shape index (κ1) is 45.6. The lowest BCUT2D eigenvalue weighted by Gasteiger charge is -2.40. The Balaban J connectivity index is 2.67. The summed E-state index contributed by atoms with van der Waals surface area (Å²) in [6, 6.07) is 0. The summed E-state index contributed by atoms with van der Waals surface area (Å²) in [7, 11) is -4.61. The maximum atomic E-state index is 12.6. The van der Waals surface area contributed by atoms with Crippen molar-refractivity contribution in [3.63, 3.8) is 0 Å². The Bertz CT molecular complexity index is 1330. The molecule has 1 fully saturated rings. The number of aliphatic hydroxyl groups is 3. The maximum absolute atomic E-state index is 12.6. The summed E-state index contributed by atoms with van der Waals surface area (Å²) in [5.74, 6) is -2.17. The lowest BCUT2D eigenvalue weighted by molar-refractivity contribution is -0.297. The van der Waals surface area contributed by atoms with Crippen LogP contribution in [0.5, 0.6) is 0 Å². The SMILES string of the molecule is C/C=C/C=C/C=C/C=C/C=C/C=C\CCC(=O)O[C@H](COC(=O)CCCCCCC/C=C/C=C/C)COC1O[C@H](CS(=O)(=O)O)[C@@H](O)[C@H](O)[C@H]1O. The van der Waals surface area contributed by atoms with Crippen LogP contribution >= 0.6 is 0 Å². The minimum absolute atomic E-state index is 0.000887. The monoisotopic (exact) mass is 736 g/mol. The van der Waals surface area contributed by atoms with E-state index in [0.717, 1.165) is 32.1 Å². The van der Waals surface area contributed by atoms with Crippen molar-refractivity contribution in [3.05, 3.63) is 97.2 Å². The van der Waals surface area contributed by atoms with E-state index in [1.54, 1.807) is 18.2 Å². The molecule has 6 atom stereocenters. The Morgan fingerprint density at radius 1 is 0.667 bits per heavy atom. The second kappa shape index (κ2) is 28.2. The fourth-order valence-corrected chi connectivity index (χ4v) is 5.26. The van der Waals surface area contributed by atoms with Gasteiger partial charge in [-0.25, -0.2) is 0 Å². The molecule has 1 saturated heterocycles. The van der Waals surface area contributed by atoms with Gasteiger partial charge in [0.25, 0.3) is 10.1 Å². The molecule has 0 aromatic rings. The van der Waals surface area contributed by atoms with Crippen LogP contribution < -0.4 is 0 Å². The minimum atomic E-state index is -4.61. The van der Waals surface area contributed by atoms with Crippen molar-refractivity contribution >= 4 is 22.1 Å². The van der Waals surface area contributed by atoms with Crippen LogP contribution in [0.25, 0.3) is 0 Å². The highest BCUT2D eigenvalue weighted by Crippen LogP contribution is 2.23. The summed E-state index contributed by atoms with van der Waals surface area (Å²) >= 11 is 0. The van der Waals surface area contributed by atoms with Gasteiger partial charge in [-0.2, -0.15) is 8.42 Å². The molecule has 0 radical (unpaired) electrons. The van der Waals surface area contributed by atoms with E-state index < -0.39 is 71.2 Å². The molecule has 0 aromatic carbocycles. The topological polar surface area (TPSA) is 186 Å². The average molecular weight is 737 g/mol. The molecular weight excluding hydrogens is 680 g/mol. The van der Waals surface area contributed by atoms with E-state index in [2.05, 4.69) is 6.08 Å². The van der Waals surface area contributed by atoms with Crippen LogP contribution in [0.3, 0.4) is 0 Å². The van der Waals surface area contributed by atoms with E-state index in [9.17, 15) is 37.9 Å². The summed E-state index contributed by atoms with van der Waals surface area (Å²) in [5.41, 5.74) is 0. The fourth-order valence-electron chi connectivity index (χ4n) is 4.57. The number of allylic oxidation sites excluding steroid dienone is 16. The van der Waals surface area contributed by atoms with E-state index in [1.807, 2.05) is 86.8 Å². The number of rotatable bonds is 25. The van der Waals surface area contributed by atoms with Gasteiger partial charge >= 0.3 is 11.9 Å². The quantitative estimate of drug-likeness (QED) is 0.0419. The van der Waals surface area contributed by atoms with Crippen LogP contribution in [0.2, 0.25) is 0 Å². The van der Waals surface area contributed by atoms with Gasteiger partial charge < -0.3 is 34.3 Å². The number of esters is 2. The second-order valence-corrected chi connectivity index (χ2v) is 13.2. The van der Waals surface area contributed by atoms with Gasteiger partial charge in [-0.3, -0.25) is 14.1 Å². The molecule has 0 aliphatic carbocycles. The van der Waals surface area contributed by atoms with Crippen LogP contribution in [0.4, 0.5) is 0 Å². The number of aliphatic hydroxyl groups excluding tert-OH is 3. The van der Waals surface area contributed by atoms with Gasteiger partial charge in [0.15, 0.2) is 12.4 Å². The molecule has 1 aliphatic rings. The molecule has 13 heteroatoms. The zero-order valence-corrected chi connectivity index (χ0v) is 30.5. The third kappa shape index (κ3) is 23.6. The Morgan fingerprint density at radius 3 is 1.86 bits per heavy atom. The molecule has 4 N–H and O–H groups in total. The van der Waals surface area contributed by atoms with Gasteiger partial charge in [0.2, 0.25) is 0 Å². The first-order chi connectivity index (χ1) is 24.5. The van der Waals surface area contributed by atoms with E-state index in [-0.39, 0.29) is 19.4 Å². The minimum Gasteiger partial charge on any atom is -0.462 e. The Morgan fingerprint density at radius 2 is 1.22 bits per heavy atom. The summed E-state index contributed by atoms with van der Waals surface area (Å²) in [6.07, 6.45) is 26.7. The average Bonchev–Trinajstić information content (AvgIpc) is 3.09. The number of carbonyl (C=O) groups excluding carboxylic acids is 2. The molecule has 0 spiro atoms. The van der Waals surface area contributed by atoms with Gasteiger partial charge in [0.05, 0.1) is 6.61 Å². The van der Waals surface area contributed by atoms with E-state index in [0.29, 0.717) is 12.8 Å². The van der Waals surface area contributed by atoms with Crippen molar-refractivity contribution in [1.82, 2.24) is 0 Å². The van der Waals surface area contributed by atoms with Crippen LogP contribution in [0.1, 0.15) is 71.6 Å². The maximum Gasteiger partial charge on any atom is 0.306 e. The van der Waals surface area contributed by atoms with Crippen LogP contribution in [-0.2, 0) is 38.7 Å². The second-order valence-electron chi connectivity index (χ2n) is 11.7. The Hall–Kier alpha value is -3.43. The molecule has 0 saturated carbocycles. The Kier molecular flexibility index (Phi) is 25.2. The predicted octanol–water partition coefficient (Wildman–Crippen LogP) is 5.15. The smallest absolute Gasteiger partial charge is 0.306 e. The zero-order chi connectivity index (χ0) is 37.7. The summed E-state index contributed by atoms with van der Waals surface area (Å²) in [5, 5.41) is 30.6. The molecule has 1 unspecified atom stereocenters. The standard InChI is InChI=1S/C38H56O12S/c1-3-5-7-9-11-13-15-16-17-19-21-23-25-27-34(40)49-31(28-47-33(39)26-24-22-20-18-14-12-10-8-6-4-2)29-48-38-37(43)36(42)35(41)32(50-38)30-51(44,45)46/h3-11,13,15-17,19,21,23,31-32,35-38,41-43H,12,14,18,20,22,24-30H2,1-2H3,(H,44,45,46)/b5-3+,6-4+,9-7+,10-8+,13-11+,16-15+,19-17+,23-21-/t31-,32-,35-,36+,37-,38?/m1/s1. The van der Waals surface area contributed by atoms with Crippen LogP contribution in [-0.4, -0.2) is 96.0 Å². The molecule has 12 nitrogen and oxygen atoms in total. The summed E-state index contributed by atoms with van der Waals surface area (Å²) in [6.45, 7) is 3.08. The van der Waals surface area contributed by atoms with Gasteiger partial charge in [0.1, 0.15) is 36.8 Å². The molecular formula is C38H56O12S. The molecule has 1 heterocycles. The molecule has 51 heavy (non-hydrogen) atoms. The van der Waals surface area contributed by atoms with Crippen molar-refractivity contribution in [2.45, 2.75) is 108 Å². The number of ether oxygens (including phenoxy) is 4. The lowest BCUT2D eigenvalue weighted by atomic mass is 10.00. The first-order valence-electron chi connectivity index (χ1n) is 17.3. The lowest BCUT2D eigenvalue weighted by Crippen LogP contribution is -2.60. The normalized spacial score (nSPS) is 22.7. The third-order valence-corrected chi connectivity index (χ3v) is 8.00. The number of unbranched alkanes of at least 4 members (excludes halogenated alkanes) is 5. The summed E-state index contributed by atoms with van der Waals surface area (Å²) < 4.78 is 53.5. The Labute approximate surface area is 303 Å². The number of carbonyl (C=O) groups is 2. The highest BCUT2D eigenvalue weighted by Gasteiger charge is 2.46. The summed E-state index contributed by atoms with van der Waals surface area (Å²) in [4.78, 5) is 25.1. The highest BCUT2D eigenvalue weighted by molar-refractivity contribution is 7.85. The fraction of sp³-hybridized carbons (Fsp3) is 0.526. The van der Waals surface area contributed by atoms with E-state index in [4.69, 9.17) is 18.9 Å². The number of hydrogen-bond acceptors (Lipinski definition) is 11. The largest absolute Gasteiger partial charge is 0.462 e. The van der Waals surface area contributed by atoms with E-state index in [1.165, 1.54) is 0 Å². The van der Waals surface area contributed by atoms with E-state index >= 15 is 0 Å². The molecule has 1 rings (SSSR count). The molecule has 1 aliphatic heterocycles. The van der Waals surface area contributed by atoms with Crippen molar-refractivity contribution < 1.29 is 56.8 Å². The van der Waals surface area contributed by atoms with Crippen molar-refractivity contribution in [1.29, 1.82) is 0 Å². The molecule has 0 bridgehead atoms. The van der Waals surface area contributed by atoms with Gasteiger partial charge in [0, 0.05) is 12.8 Å². The zero-order valence-electron chi connectivity index (χ0n) is 29.7. The van der Waals surface area contributed by atoms with Gasteiger partial charge in [-0.05, 0) is 39.5 Å². The molecule has 0 aromatic heterocycles. The molecule has 0 amide bonds. The van der Waals surface area contributed by atoms with Gasteiger partial charge in [-0.15, -0.1) is 0 Å².